The Kier molecular flexibility index (Phi) is 5.77. The van der Waals surface area contributed by atoms with Crippen LogP contribution in [0.1, 0.15) is 37.3 Å². The molecular formula is C21H29N3O2. The summed E-state index contributed by atoms with van der Waals surface area (Å²) in [5.41, 5.74) is 3.20. The van der Waals surface area contributed by atoms with Crippen LogP contribution in [0, 0.1) is 19.8 Å². The molecule has 26 heavy (non-hydrogen) atoms. The van der Waals surface area contributed by atoms with Crippen molar-refractivity contribution in [1.82, 2.24) is 14.8 Å². The Morgan fingerprint density at radius 3 is 2.50 bits per heavy atom. The van der Waals surface area contributed by atoms with Crippen molar-refractivity contribution < 1.29 is 9.21 Å². The number of hydrogen-bond acceptors (Lipinski definition) is 4. The van der Waals surface area contributed by atoms with Crippen LogP contribution in [0.15, 0.2) is 28.7 Å². The molecule has 0 bridgehead atoms. The minimum absolute atomic E-state index is 0.277. The molecule has 1 saturated heterocycles. The van der Waals surface area contributed by atoms with Crippen LogP contribution < -0.4 is 0 Å². The molecule has 1 aromatic heterocycles. The van der Waals surface area contributed by atoms with Crippen molar-refractivity contribution in [3.8, 4) is 11.5 Å². The van der Waals surface area contributed by atoms with Crippen LogP contribution >= 0.6 is 0 Å². The van der Waals surface area contributed by atoms with E-state index in [2.05, 4.69) is 31.7 Å². The summed E-state index contributed by atoms with van der Waals surface area (Å²) in [6, 6.07) is 8.15. The van der Waals surface area contributed by atoms with Crippen LogP contribution in [-0.4, -0.2) is 46.9 Å². The van der Waals surface area contributed by atoms with Crippen molar-refractivity contribution in [3.05, 3.63) is 41.3 Å². The molecule has 0 saturated carbocycles. The number of nitrogens with zero attached hydrogens (tertiary/aromatic N) is 3. The number of hydrogen-bond donors (Lipinski definition) is 0. The van der Waals surface area contributed by atoms with Gasteiger partial charge in [-0.05, 0) is 31.4 Å². The molecule has 0 unspecified atom stereocenters. The quantitative estimate of drug-likeness (QED) is 0.821. The number of aryl methyl sites for hydroxylation is 2. The number of carbonyl (C=O) groups excluding carboxylic acids is 1. The fourth-order valence-corrected chi connectivity index (χ4v) is 3.35. The third-order valence-corrected chi connectivity index (χ3v) is 4.95. The summed E-state index contributed by atoms with van der Waals surface area (Å²) in [6.45, 7) is 12.4. The van der Waals surface area contributed by atoms with Crippen molar-refractivity contribution >= 4 is 5.91 Å². The van der Waals surface area contributed by atoms with E-state index < -0.39 is 0 Å². The standard InChI is InChI=1S/C21H29N3O2/c1-15(2)13-20(25)24-11-9-23(10-12-24)14-19-17(4)26-21(22-19)18-8-6-5-7-16(18)3/h5-8,15H,9-14H2,1-4H3. The van der Waals surface area contributed by atoms with Gasteiger partial charge in [0.1, 0.15) is 5.76 Å². The Morgan fingerprint density at radius 1 is 1.15 bits per heavy atom. The zero-order valence-corrected chi connectivity index (χ0v) is 16.3. The summed E-state index contributed by atoms with van der Waals surface area (Å²) in [6.07, 6.45) is 0.641. The Labute approximate surface area is 156 Å². The number of benzene rings is 1. The molecule has 5 heteroatoms. The zero-order valence-electron chi connectivity index (χ0n) is 16.3. The van der Waals surface area contributed by atoms with Crippen LogP contribution in [0.3, 0.4) is 0 Å². The van der Waals surface area contributed by atoms with Crippen molar-refractivity contribution in [1.29, 1.82) is 0 Å². The molecule has 5 nitrogen and oxygen atoms in total. The Balaban J connectivity index is 1.61. The summed E-state index contributed by atoms with van der Waals surface area (Å²) in [4.78, 5) is 21.3. The van der Waals surface area contributed by atoms with Gasteiger partial charge in [0, 0.05) is 44.7 Å². The minimum atomic E-state index is 0.277. The Bertz CT molecular complexity index is 758. The molecule has 1 aliphatic heterocycles. The highest BCUT2D eigenvalue weighted by Crippen LogP contribution is 2.25. The smallest absolute Gasteiger partial charge is 0.226 e. The molecule has 0 aliphatic carbocycles. The minimum Gasteiger partial charge on any atom is -0.441 e. The maximum atomic E-state index is 12.2. The topological polar surface area (TPSA) is 49.6 Å². The molecule has 140 valence electrons. The zero-order chi connectivity index (χ0) is 18.7. The highest BCUT2D eigenvalue weighted by atomic mass is 16.4. The average Bonchev–Trinajstić information content (AvgIpc) is 2.96. The van der Waals surface area contributed by atoms with Crippen LogP contribution in [0.4, 0.5) is 0 Å². The van der Waals surface area contributed by atoms with E-state index in [9.17, 15) is 4.79 Å². The van der Waals surface area contributed by atoms with Gasteiger partial charge in [0.2, 0.25) is 11.8 Å². The maximum Gasteiger partial charge on any atom is 0.226 e. The molecule has 1 aliphatic rings. The first kappa shape index (κ1) is 18.6. The summed E-state index contributed by atoms with van der Waals surface area (Å²) < 4.78 is 5.92. The molecule has 0 N–H and O–H groups in total. The fraction of sp³-hybridized carbons (Fsp3) is 0.524. The van der Waals surface area contributed by atoms with Gasteiger partial charge in [0.05, 0.1) is 5.69 Å². The molecular weight excluding hydrogens is 326 g/mol. The van der Waals surface area contributed by atoms with Crippen molar-refractivity contribution in [2.75, 3.05) is 26.2 Å². The highest BCUT2D eigenvalue weighted by molar-refractivity contribution is 5.76. The van der Waals surface area contributed by atoms with E-state index >= 15 is 0 Å². The first-order chi connectivity index (χ1) is 12.4. The van der Waals surface area contributed by atoms with Gasteiger partial charge >= 0.3 is 0 Å². The van der Waals surface area contributed by atoms with E-state index in [0.29, 0.717) is 18.2 Å². The normalized spacial score (nSPS) is 15.7. The van der Waals surface area contributed by atoms with E-state index in [-0.39, 0.29) is 5.91 Å². The lowest BCUT2D eigenvalue weighted by Crippen LogP contribution is -2.48. The molecule has 0 atom stereocenters. The number of piperazine rings is 1. The van der Waals surface area contributed by atoms with Gasteiger partial charge in [-0.2, -0.15) is 0 Å². The summed E-state index contributed by atoms with van der Waals surface area (Å²) in [7, 11) is 0. The third-order valence-electron chi connectivity index (χ3n) is 4.95. The molecule has 0 spiro atoms. The predicted molar refractivity (Wildman–Crippen MR) is 103 cm³/mol. The van der Waals surface area contributed by atoms with E-state index in [1.54, 1.807) is 0 Å². The lowest BCUT2D eigenvalue weighted by molar-refractivity contribution is -0.133. The van der Waals surface area contributed by atoms with Crippen LogP contribution in [0.2, 0.25) is 0 Å². The Morgan fingerprint density at radius 2 is 1.85 bits per heavy atom. The molecule has 2 aromatic rings. The summed E-state index contributed by atoms with van der Waals surface area (Å²) in [5.74, 6) is 2.26. The molecule has 1 amide bonds. The third kappa shape index (κ3) is 4.33. The largest absolute Gasteiger partial charge is 0.441 e. The van der Waals surface area contributed by atoms with Crippen LogP contribution in [-0.2, 0) is 11.3 Å². The fourth-order valence-electron chi connectivity index (χ4n) is 3.35. The second kappa shape index (κ2) is 8.04. The number of rotatable bonds is 5. The van der Waals surface area contributed by atoms with Crippen LogP contribution in [0.25, 0.3) is 11.5 Å². The van der Waals surface area contributed by atoms with E-state index in [1.165, 1.54) is 0 Å². The predicted octanol–water partition coefficient (Wildman–Crippen LogP) is 3.65. The molecule has 1 aromatic carbocycles. The maximum absolute atomic E-state index is 12.2. The Hall–Kier alpha value is -2.14. The van der Waals surface area contributed by atoms with E-state index in [1.807, 2.05) is 30.0 Å². The number of amides is 1. The number of oxazole rings is 1. The first-order valence-corrected chi connectivity index (χ1v) is 9.46. The first-order valence-electron chi connectivity index (χ1n) is 9.46. The molecule has 3 rings (SSSR count). The second-order valence-corrected chi connectivity index (χ2v) is 7.59. The van der Waals surface area contributed by atoms with E-state index in [4.69, 9.17) is 9.40 Å². The lowest BCUT2D eigenvalue weighted by atomic mass is 10.1. The summed E-state index contributed by atoms with van der Waals surface area (Å²) in [5, 5.41) is 0. The molecule has 2 heterocycles. The highest BCUT2D eigenvalue weighted by Gasteiger charge is 2.23. The van der Waals surface area contributed by atoms with Gasteiger partial charge < -0.3 is 9.32 Å². The molecule has 1 fully saturated rings. The number of carbonyl (C=O) groups is 1. The van der Waals surface area contributed by atoms with Crippen LogP contribution in [0.5, 0.6) is 0 Å². The number of aromatic nitrogens is 1. The van der Waals surface area contributed by atoms with Gasteiger partial charge in [-0.25, -0.2) is 4.98 Å². The monoisotopic (exact) mass is 355 g/mol. The van der Waals surface area contributed by atoms with Crippen molar-refractivity contribution in [3.63, 3.8) is 0 Å². The average molecular weight is 355 g/mol. The van der Waals surface area contributed by atoms with Gasteiger partial charge in [-0.1, -0.05) is 32.0 Å². The van der Waals surface area contributed by atoms with Gasteiger partial charge in [-0.15, -0.1) is 0 Å². The van der Waals surface area contributed by atoms with Gasteiger partial charge in [0.15, 0.2) is 0 Å². The SMILES string of the molecule is Cc1ccccc1-c1nc(CN2CCN(C(=O)CC(C)C)CC2)c(C)o1. The van der Waals surface area contributed by atoms with Crippen molar-refractivity contribution in [2.45, 2.75) is 40.7 Å². The van der Waals surface area contributed by atoms with Gasteiger partial charge in [0.25, 0.3) is 0 Å². The summed E-state index contributed by atoms with van der Waals surface area (Å²) >= 11 is 0. The second-order valence-electron chi connectivity index (χ2n) is 7.59. The van der Waals surface area contributed by atoms with Gasteiger partial charge in [-0.3, -0.25) is 9.69 Å². The molecule has 0 radical (unpaired) electrons. The van der Waals surface area contributed by atoms with E-state index in [0.717, 1.165) is 55.3 Å². The van der Waals surface area contributed by atoms with Crippen molar-refractivity contribution in [2.24, 2.45) is 5.92 Å². The lowest BCUT2D eigenvalue weighted by Gasteiger charge is -2.34.